The van der Waals surface area contributed by atoms with Crippen LogP contribution < -0.4 is 5.32 Å². The smallest absolute Gasteiger partial charge is 0.306 e. The molecule has 3 rings (SSSR count). The Morgan fingerprint density at radius 1 is 1.20 bits per heavy atom. The Kier molecular flexibility index (Phi) is 5.49. The number of hydrogen-bond acceptors (Lipinski definition) is 3. The number of ether oxygens (including phenoxy) is 1. The number of esters is 1. The van der Waals surface area contributed by atoms with Gasteiger partial charge in [0.2, 0.25) is 0 Å². The fourth-order valence-corrected chi connectivity index (χ4v) is 3.27. The summed E-state index contributed by atoms with van der Waals surface area (Å²) < 4.78 is 5.11. The zero-order valence-corrected chi connectivity index (χ0v) is 14.4. The number of amides is 1. The van der Waals surface area contributed by atoms with Crippen molar-refractivity contribution in [3.8, 4) is 0 Å². The van der Waals surface area contributed by atoms with Crippen molar-refractivity contribution in [3.05, 3.63) is 60.2 Å². The lowest BCUT2D eigenvalue weighted by atomic mass is 10.00. The van der Waals surface area contributed by atoms with Gasteiger partial charge in [0.15, 0.2) is 6.61 Å². The van der Waals surface area contributed by atoms with Crippen molar-refractivity contribution in [2.75, 3.05) is 6.61 Å². The zero-order valence-electron chi connectivity index (χ0n) is 14.4. The minimum atomic E-state index is -0.315. The number of rotatable bonds is 6. The second-order valence-electron chi connectivity index (χ2n) is 6.49. The van der Waals surface area contributed by atoms with E-state index in [0.29, 0.717) is 6.42 Å². The maximum Gasteiger partial charge on any atom is 0.306 e. The van der Waals surface area contributed by atoms with Gasteiger partial charge in [0.05, 0.1) is 12.5 Å². The van der Waals surface area contributed by atoms with E-state index in [2.05, 4.69) is 11.4 Å². The molecule has 130 valence electrons. The van der Waals surface area contributed by atoms with Crippen LogP contribution in [0, 0.1) is 5.92 Å². The molecule has 0 saturated carbocycles. The van der Waals surface area contributed by atoms with E-state index in [1.807, 2.05) is 55.5 Å². The summed E-state index contributed by atoms with van der Waals surface area (Å²) in [4.78, 5) is 23.9. The van der Waals surface area contributed by atoms with Crippen LogP contribution in [0.3, 0.4) is 0 Å². The number of allylic oxidation sites excluding steroid dienone is 2. The quantitative estimate of drug-likeness (QED) is 0.642. The molecule has 4 heteroatoms. The first-order valence-electron chi connectivity index (χ1n) is 8.73. The van der Waals surface area contributed by atoms with Crippen molar-refractivity contribution in [1.29, 1.82) is 0 Å². The standard InChI is InChI=1S/C21H23NO3/c1-15(18-12-6-10-17-9-4-5-11-19(17)18)22-20(23)14-25-21(24)13-16-7-2-3-8-16/h2,4-7,9-12,15-16H,3,8,13-14H2,1H3,(H,22,23)/t15-,16+/m1/s1. The molecule has 2 atom stereocenters. The van der Waals surface area contributed by atoms with Crippen molar-refractivity contribution in [3.63, 3.8) is 0 Å². The molecule has 0 heterocycles. The maximum atomic E-state index is 12.1. The van der Waals surface area contributed by atoms with Gasteiger partial charge in [0.1, 0.15) is 0 Å². The number of carbonyl (C=O) groups is 2. The summed E-state index contributed by atoms with van der Waals surface area (Å²) >= 11 is 0. The van der Waals surface area contributed by atoms with Crippen molar-refractivity contribution in [1.82, 2.24) is 5.32 Å². The van der Waals surface area contributed by atoms with E-state index in [1.54, 1.807) is 0 Å². The summed E-state index contributed by atoms with van der Waals surface area (Å²) in [5, 5.41) is 5.16. The molecule has 4 nitrogen and oxygen atoms in total. The van der Waals surface area contributed by atoms with E-state index >= 15 is 0 Å². The largest absolute Gasteiger partial charge is 0.456 e. The Bertz CT molecular complexity index is 791. The molecule has 0 aliphatic heterocycles. The zero-order chi connectivity index (χ0) is 17.6. The molecule has 0 bridgehead atoms. The highest BCUT2D eigenvalue weighted by Gasteiger charge is 2.17. The summed E-state index contributed by atoms with van der Waals surface area (Å²) in [6.07, 6.45) is 6.48. The molecule has 1 aliphatic rings. The van der Waals surface area contributed by atoms with Crippen molar-refractivity contribution < 1.29 is 14.3 Å². The monoisotopic (exact) mass is 337 g/mol. The molecule has 0 fully saturated rings. The number of carbonyl (C=O) groups excluding carboxylic acids is 2. The van der Waals surface area contributed by atoms with Crippen LogP contribution in [0.5, 0.6) is 0 Å². The second kappa shape index (κ2) is 7.97. The molecule has 2 aromatic carbocycles. The molecule has 0 saturated heterocycles. The Hall–Kier alpha value is -2.62. The third-order valence-electron chi connectivity index (χ3n) is 4.57. The lowest BCUT2D eigenvalue weighted by molar-refractivity contribution is -0.149. The molecular weight excluding hydrogens is 314 g/mol. The summed E-state index contributed by atoms with van der Waals surface area (Å²) in [6, 6.07) is 14.0. The summed E-state index contributed by atoms with van der Waals surface area (Å²) in [7, 11) is 0. The normalized spacial score (nSPS) is 17.4. The third-order valence-corrected chi connectivity index (χ3v) is 4.57. The van der Waals surface area contributed by atoms with Crippen LogP contribution in [0.25, 0.3) is 10.8 Å². The van der Waals surface area contributed by atoms with Crippen LogP contribution in [0.4, 0.5) is 0 Å². The predicted octanol–water partition coefficient (Wildman–Crippen LogP) is 3.92. The van der Waals surface area contributed by atoms with Crippen molar-refractivity contribution in [2.45, 2.75) is 32.2 Å². The maximum absolute atomic E-state index is 12.1. The highest BCUT2D eigenvalue weighted by molar-refractivity contribution is 5.87. The number of fused-ring (bicyclic) bond motifs is 1. The van der Waals surface area contributed by atoms with Gasteiger partial charge in [-0.2, -0.15) is 0 Å². The minimum Gasteiger partial charge on any atom is -0.456 e. The highest BCUT2D eigenvalue weighted by Crippen LogP contribution is 2.24. The van der Waals surface area contributed by atoms with Gasteiger partial charge in [-0.1, -0.05) is 54.6 Å². The van der Waals surface area contributed by atoms with Crippen LogP contribution in [0.2, 0.25) is 0 Å². The van der Waals surface area contributed by atoms with E-state index in [-0.39, 0.29) is 30.4 Å². The Balaban J connectivity index is 1.53. The van der Waals surface area contributed by atoms with E-state index < -0.39 is 0 Å². The molecule has 1 aliphatic carbocycles. The van der Waals surface area contributed by atoms with Gasteiger partial charge in [-0.3, -0.25) is 9.59 Å². The lowest BCUT2D eigenvalue weighted by Gasteiger charge is -2.17. The van der Waals surface area contributed by atoms with Crippen molar-refractivity contribution >= 4 is 22.6 Å². The summed E-state index contributed by atoms with van der Waals surface area (Å²) in [5.74, 6) is -0.342. The summed E-state index contributed by atoms with van der Waals surface area (Å²) in [6.45, 7) is 1.70. The molecule has 0 radical (unpaired) electrons. The summed E-state index contributed by atoms with van der Waals surface area (Å²) in [5.41, 5.74) is 1.05. The topological polar surface area (TPSA) is 55.4 Å². The Labute approximate surface area is 147 Å². The van der Waals surface area contributed by atoms with Crippen molar-refractivity contribution in [2.24, 2.45) is 5.92 Å². The van der Waals surface area contributed by atoms with Gasteiger partial charge in [0.25, 0.3) is 5.91 Å². The van der Waals surface area contributed by atoms with Gasteiger partial charge < -0.3 is 10.1 Å². The van der Waals surface area contributed by atoms with Gasteiger partial charge in [-0.25, -0.2) is 0 Å². The fraction of sp³-hybridized carbons (Fsp3) is 0.333. The highest BCUT2D eigenvalue weighted by atomic mass is 16.5. The molecule has 1 amide bonds. The van der Waals surface area contributed by atoms with E-state index in [0.717, 1.165) is 29.2 Å². The first kappa shape index (κ1) is 17.2. The average molecular weight is 337 g/mol. The average Bonchev–Trinajstić information content (AvgIpc) is 3.12. The van der Waals surface area contributed by atoms with Crippen LogP contribution in [-0.2, 0) is 14.3 Å². The molecule has 25 heavy (non-hydrogen) atoms. The fourth-order valence-electron chi connectivity index (χ4n) is 3.27. The van der Waals surface area contributed by atoms with E-state index in [9.17, 15) is 9.59 Å². The van der Waals surface area contributed by atoms with Gasteiger partial charge in [-0.05, 0) is 42.0 Å². The lowest BCUT2D eigenvalue weighted by Crippen LogP contribution is -2.31. The second-order valence-corrected chi connectivity index (χ2v) is 6.49. The first-order chi connectivity index (χ1) is 12.1. The molecule has 1 N–H and O–H groups in total. The predicted molar refractivity (Wildman–Crippen MR) is 97.9 cm³/mol. The number of hydrogen-bond donors (Lipinski definition) is 1. The van der Waals surface area contributed by atoms with Gasteiger partial charge in [-0.15, -0.1) is 0 Å². The van der Waals surface area contributed by atoms with Gasteiger partial charge in [0, 0.05) is 0 Å². The molecule has 0 spiro atoms. The van der Waals surface area contributed by atoms with Crippen LogP contribution >= 0.6 is 0 Å². The minimum absolute atomic E-state index is 0.157. The first-order valence-corrected chi connectivity index (χ1v) is 8.73. The van der Waals surface area contributed by atoms with Crippen LogP contribution in [-0.4, -0.2) is 18.5 Å². The molecule has 0 unspecified atom stereocenters. The van der Waals surface area contributed by atoms with Crippen LogP contribution in [0.15, 0.2) is 54.6 Å². The van der Waals surface area contributed by atoms with E-state index in [4.69, 9.17) is 4.74 Å². The number of benzene rings is 2. The van der Waals surface area contributed by atoms with Gasteiger partial charge >= 0.3 is 5.97 Å². The van der Waals surface area contributed by atoms with E-state index in [1.165, 1.54) is 0 Å². The third kappa shape index (κ3) is 4.47. The molecule has 2 aromatic rings. The van der Waals surface area contributed by atoms with Crippen LogP contribution in [0.1, 0.15) is 37.8 Å². The molecular formula is C21H23NO3. The Morgan fingerprint density at radius 2 is 2.00 bits per heavy atom. The SMILES string of the molecule is C[C@@H](NC(=O)COC(=O)C[C@H]1C=CCC1)c1cccc2ccccc12. The molecule has 0 aromatic heterocycles. The Morgan fingerprint density at radius 3 is 2.80 bits per heavy atom. The number of nitrogens with one attached hydrogen (secondary N) is 1.